The number of nitriles is 1. The molecule has 0 aliphatic heterocycles. The normalized spacial score (nSPS) is 10.8. The van der Waals surface area contributed by atoms with Gasteiger partial charge in [-0.3, -0.25) is 0 Å². The minimum Gasteiger partial charge on any atom is -0.455 e. The Kier molecular flexibility index (Phi) is 3.38. The summed E-state index contributed by atoms with van der Waals surface area (Å²) in [6.07, 6.45) is -3.29. The number of pyridine rings is 1. The lowest BCUT2D eigenvalue weighted by atomic mass is 10.2. The summed E-state index contributed by atoms with van der Waals surface area (Å²) < 4.78 is 43.3. The second-order valence-corrected chi connectivity index (χ2v) is 3.59. The zero-order chi connectivity index (χ0) is 13.9. The number of hydrogen-bond acceptors (Lipinski definition) is 3. The summed E-state index contributed by atoms with van der Waals surface area (Å²) in [5.74, 6) is -0.169. The fraction of sp³-hybridized carbons (Fsp3) is 0.0769. The Hall–Kier alpha value is -2.55. The molecule has 0 spiro atoms. The van der Waals surface area contributed by atoms with Crippen molar-refractivity contribution in [3.8, 4) is 17.6 Å². The molecular formula is C13H7F3N2O. The van der Waals surface area contributed by atoms with Crippen LogP contribution in [-0.2, 0) is 6.18 Å². The summed E-state index contributed by atoms with van der Waals surface area (Å²) in [6, 6.07) is 9.45. The predicted octanol–water partition coefficient (Wildman–Crippen LogP) is 3.76. The van der Waals surface area contributed by atoms with Gasteiger partial charge in [-0.05, 0) is 24.3 Å². The standard InChI is InChI=1S/C13H7F3N2O/c14-13(15,16)11-3-1-2-4-12(11)19-10-6-5-9(7-17)18-8-10/h1-6,8H. The van der Waals surface area contributed by atoms with Crippen LogP contribution in [0.4, 0.5) is 13.2 Å². The van der Waals surface area contributed by atoms with Gasteiger partial charge in [0.25, 0.3) is 0 Å². The smallest absolute Gasteiger partial charge is 0.419 e. The van der Waals surface area contributed by atoms with Gasteiger partial charge in [0.15, 0.2) is 0 Å². The first kappa shape index (κ1) is 12.9. The van der Waals surface area contributed by atoms with Gasteiger partial charge in [0, 0.05) is 0 Å². The van der Waals surface area contributed by atoms with Crippen LogP contribution in [0.2, 0.25) is 0 Å². The van der Waals surface area contributed by atoms with Gasteiger partial charge < -0.3 is 4.74 Å². The largest absolute Gasteiger partial charge is 0.455 e. The monoisotopic (exact) mass is 264 g/mol. The van der Waals surface area contributed by atoms with Crippen molar-refractivity contribution in [1.29, 1.82) is 5.26 Å². The summed E-state index contributed by atoms with van der Waals surface area (Å²) in [7, 11) is 0. The van der Waals surface area contributed by atoms with Crippen LogP contribution in [0.3, 0.4) is 0 Å². The lowest BCUT2D eigenvalue weighted by Gasteiger charge is -2.13. The lowest BCUT2D eigenvalue weighted by Crippen LogP contribution is -2.06. The number of ether oxygens (including phenoxy) is 1. The minimum absolute atomic E-state index is 0.135. The summed E-state index contributed by atoms with van der Waals surface area (Å²) >= 11 is 0. The molecule has 96 valence electrons. The van der Waals surface area contributed by atoms with Gasteiger partial charge in [0.2, 0.25) is 0 Å². The third-order valence-corrected chi connectivity index (χ3v) is 2.27. The van der Waals surface area contributed by atoms with Crippen LogP contribution in [-0.4, -0.2) is 4.98 Å². The highest BCUT2D eigenvalue weighted by molar-refractivity contribution is 5.39. The van der Waals surface area contributed by atoms with E-state index in [1.165, 1.54) is 36.5 Å². The summed E-state index contributed by atoms with van der Waals surface area (Å²) in [6.45, 7) is 0. The van der Waals surface area contributed by atoms with E-state index in [-0.39, 0.29) is 17.2 Å². The summed E-state index contributed by atoms with van der Waals surface area (Å²) in [5.41, 5.74) is -0.698. The van der Waals surface area contributed by atoms with Crippen molar-refractivity contribution >= 4 is 0 Å². The van der Waals surface area contributed by atoms with Gasteiger partial charge in [-0.2, -0.15) is 18.4 Å². The Morgan fingerprint density at radius 1 is 1.11 bits per heavy atom. The maximum atomic E-state index is 12.7. The third-order valence-electron chi connectivity index (χ3n) is 2.27. The van der Waals surface area contributed by atoms with Gasteiger partial charge in [0.1, 0.15) is 23.3 Å². The molecule has 19 heavy (non-hydrogen) atoms. The van der Waals surface area contributed by atoms with E-state index in [2.05, 4.69) is 4.98 Å². The van der Waals surface area contributed by atoms with E-state index in [1.54, 1.807) is 0 Å². The van der Waals surface area contributed by atoms with Crippen molar-refractivity contribution in [3.05, 3.63) is 53.9 Å². The SMILES string of the molecule is N#Cc1ccc(Oc2ccccc2C(F)(F)F)cn1. The van der Waals surface area contributed by atoms with Crippen molar-refractivity contribution < 1.29 is 17.9 Å². The average Bonchev–Trinajstić information content (AvgIpc) is 2.39. The van der Waals surface area contributed by atoms with Crippen LogP contribution >= 0.6 is 0 Å². The number of para-hydroxylation sites is 1. The zero-order valence-electron chi connectivity index (χ0n) is 9.48. The Labute approximate surface area is 106 Å². The van der Waals surface area contributed by atoms with Gasteiger partial charge >= 0.3 is 6.18 Å². The molecule has 3 nitrogen and oxygen atoms in total. The number of aromatic nitrogens is 1. The highest BCUT2D eigenvalue weighted by atomic mass is 19.4. The zero-order valence-corrected chi connectivity index (χ0v) is 9.48. The topological polar surface area (TPSA) is 45.9 Å². The van der Waals surface area contributed by atoms with Crippen molar-refractivity contribution in [2.75, 3.05) is 0 Å². The van der Waals surface area contributed by atoms with Gasteiger partial charge in [-0.25, -0.2) is 4.98 Å². The molecule has 2 rings (SSSR count). The number of benzene rings is 1. The molecule has 0 bridgehead atoms. The minimum atomic E-state index is -4.49. The van der Waals surface area contributed by atoms with E-state index in [0.717, 1.165) is 6.07 Å². The Bertz CT molecular complexity index is 615. The van der Waals surface area contributed by atoms with E-state index >= 15 is 0 Å². The van der Waals surface area contributed by atoms with E-state index in [1.807, 2.05) is 6.07 Å². The van der Waals surface area contributed by atoms with Gasteiger partial charge in [-0.1, -0.05) is 12.1 Å². The van der Waals surface area contributed by atoms with E-state index in [0.29, 0.717) is 0 Å². The van der Waals surface area contributed by atoms with Crippen LogP contribution in [0.15, 0.2) is 42.6 Å². The van der Waals surface area contributed by atoms with Crippen molar-refractivity contribution in [1.82, 2.24) is 4.98 Å². The van der Waals surface area contributed by atoms with E-state index in [9.17, 15) is 13.2 Å². The molecule has 0 aliphatic carbocycles. The molecule has 0 fully saturated rings. The number of alkyl halides is 3. The molecule has 0 radical (unpaired) electrons. The highest BCUT2D eigenvalue weighted by Gasteiger charge is 2.34. The second-order valence-electron chi connectivity index (χ2n) is 3.59. The van der Waals surface area contributed by atoms with Crippen molar-refractivity contribution in [3.63, 3.8) is 0 Å². The molecule has 0 unspecified atom stereocenters. The molecule has 1 heterocycles. The first-order chi connectivity index (χ1) is 9.00. The molecule has 0 N–H and O–H groups in total. The first-order valence-corrected chi connectivity index (χ1v) is 5.21. The van der Waals surface area contributed by atoms with Gasteiger partial charge in [-0.15, -0.1) is 0 Å². The number of hydrogen-bond donors (Lipinski definition) is 0. The van der Waals surface area contributed by atoms with E-state index < -0.39 is 11.7 Å². The second kappa shape index (κ2) is 4.98. The number of rotatable bonds is 2. The van der Waals surface area contributed by atoms with Crippen LogP contribution in [0, 0.1) is 11.3 Å². The fourth-order valence-electron chi connectivity index (χ4n) is 1.42. The van der Waals surface area contributed by atoms with Crippen LogP contribution in [0.5, 0.6) is 11.5 Å². The Morgan fingerprint density at radius 3 is 2.42 bits per heavy atom. The lowest BCUT2D eigenvalue weighted by molar-refractivity contribution is -0.138. The maximum absolute atomic E-state index is 12.7. The molecule has 1 aromatic carbocycles. The Balaban J connectivity index is 2.31. The van der Waals surface area contributed by atoms with Crippen molar-refractivity contribution in [2.45, 2.75) is 6.18 Å². The molecule has 0 saturated carbocycles. The summed E-state index contributed by atoms with van der Waals surface area (Å²) in [4.78, 5) is 3.72. The summed E-state index contributed by atoms with van der Waals surface area (Å²) in [5, 5.41) is 8.57. The van der Waals surface area contributed by atoms with Crippen LogP contribution < -0.4 is 4.74 Å². The fourth-order valence-corrected chi connectivity index (χ4v) is 1.42. The average molecular weight is 264 g/mol. The van der Waals surface area contributed by atoms with E-state index in [4.69, 9.17) is 10.00 Å². The molecule has 0 aliphatic rings. The molecule has 6 heteroatoms. The molecule has 2 aromatic rings. The molecule has 0 atom stereocenters. The molecular weight excluding hydrogens is 257 g/mol. The molecule has 1 aromatic heterocycles. The van der Waals surface area contributed by atoms with Crippen LogP contribution in [0.1, 0.15) is 11.3 Å². The predicted molar refractivity (Wildman–Crippen MR) is 60.5 cm³/mol. The number of halogens is 3. The number of nitrogens with zero attached hydrogens (tertiary/aromatic N) is 2. The maximum Gasteiger partial charge on any atom is 0.419 e. The third kappa shape index (κ3) is 3.01. The highest BCUT2D eigenvalue weighted by Crippen LogP contribution is 2.37. The first-order valence-electron chi connectivity index (χ1n) is 5.21. The molecule has 0 amide bonds. The molecule has 0 saturated heterocycles. The van der Waals surface area contributed by atoms with Crippen molar-refractivity contribution in [2.24, 2.45) is 0 Å². The van der Waals surface area contributed by atoms with Gasteiger partial charge in [0.05, 0.1) is 11.8 Å². The van der Waals surface area contributed by atoms with Crippen LogP contribution in [0.25, 0.3) is 0 Å². The Morgan fingerprint density at radius 2 is 1.84 bits per heavy atom. The quantitative estimate of drug-likeness (QED) is 0.829.